The second kappa shape index (κ2) is 2.22. The summed E-state index contributed by atoms with van der Waals surface area (Å²) in [7, 11) is 0. The second-order valence-corrected chi connectivity index (χ2v) is 3.94. The molecule has 0 aromatic carbocycles. The van der Waals surface area contributed by atoms with E-state index < -0.39 is 0 Å². The van der Waals surface area contributed by atoms with Gasteiger partial charge in [0.05, 0.1) is 6.07 Å². The zero-order valence-corrected chi connectivity index (χ0v) is 6.93. The van der Waals surface area contributed by atoms with E-state index in [1.807, 2.05) is 0 Å². The lowest BCUT2D eigenvalue weighted by atomic mass is 9.68. The summed E-state index contributed by atoms with van der Waals surface area (Å²) in [4.78, 5) is 0. The van der Waals surface area contributed by atoms with E-state index in [9.17, 15) is 0 Å². The Balaban J connectivity index is 1.99. The van der Waals surface area contributed by atoms with Crippen molar-refractivity contribution in [1.82, 2.24) is 5.32 Å². The molecule has 2 aliphatic rings. The Labute approximate surface area is 67.6 Å². The third-order valence-corrected chi connectivity index (χ3v) is 3.05. The standard InChI is InChI=1S/C9H14N2/c1-7-4-5-9(7,6-10)11-8-2-3-8/h7-8,11H,2-5H2,1H3. The fraction of sp³-hybridized carbons (Fsp3) is 0.889. The van der Waals surface area contributed by atoms with Crippen molar-refractivity contribution in [2.75, 3.05) is 0 Å². The van der Waals surface area contributed by atoms with E-state index in [1.165, 1.54) is 19.3 Å². The van der Waals surface area contributed by atoms with Crippen LogP contribution in [0.2, 0.25) is 0 Å². The summed E-state index contributed by atoms with van der Waals surface area (Å²) in [5, 5.41) is 12.4. The van der Waals surface area contributed by atoms with E-state index in [-0.39, 0.29) is 5.54 Å². The van der Waals surface area contributed by atoms with Gasteiger partial charge in [0.1, 0.15) is 5.54 Å². The molecule has 2 nitrogen and oxygen atoms in total. The van der Waals surface area contributed by atoms with Crippen LogP contribution in [-0.4, -0.2) is 11.6 Å². The fourth-order valence-corrected chi connectivity index (χ4v) is 1.73. The number of nitriles is 1. The van der Waals surface area contributed by atoms with E-state index in [2.05, 4.69) is 18.3 Å². The molecule has 2 atom stereocenters. The highest BCUT2D eigenvalue weighted by atomic mass is 15.1. The Kier molecular flexibility index (Phi) is 1.43. The van der Waals surface area contributed by atoms with Gasteiger partial charge in [-0.2, -0.15) is 5.26 Å². The first-order valence-electron chi connectivity index (χ1n) is 4.46. The van der Waals surface area contributed by atoms with Gasteiger partial charge in [-0.05, 0) is 31.6 Å². The van der Waals surface area contributed by atoms with Crippen LogP contribution < -0.4 is 5.32 Å². The Morgan fingerprint density at radius 3 is 2.45 bits per heavy atom. The van der Waals surface area contributed by atoms with Gasteiger partial charge in [-0.15, -0.1) is 0 Å². The highest BCUT2D eigenvalue weighted by molar-refractivity contribution is 5.18. The molecule has 2 heteroatoms. The van der Waals surface area contributed by atoms with E-state index in [0.29, 0.717) is 12.0 Å². The number of nitrogens with one attached hydrogen (secondary N) is 1. The molecule has 1 N–H and O–H groups in total. The summed E-state index contributed by atoms with van der Waals surface area (Å²) >= 11 is 0. The maximum atomic E-state index is 8.97. The predicted molar refractivity (Wildman–Crippen MR) is 42.9 cm³/mol. The number of nitrogens with zero attached hydrogens (tertiary/aromatic N) is 1. The Morgan fingerprint density at radius 1 is 1.45 bits per heavy atom. The fourth-order valence-electron chi connectivity index (χ4n) is 1.73. The SMILES string of the molecule is CC1CCC1(C#N)NC1CC1. The van der Waals surface area contributed by atoms with Crippen LogP contribution in [0.3, 0.4) is 0 Å². The monoisotopic (exact) mass is 150 g/mol. The molecule has 60 valence electrons. The van der Waals surface area contributed by atoms with Gasteiger partial charge < -0.3 is 0 Å². The van der Waals surface area contributed by atoms with Crippen LogP contribution in [0, 0.1) is 17.2 Å². The lowest BCUT2D eigenvalue weighted by Gasteiger charge is -2.43. The summed E-state index contributed by atoms with van der Waals surface area (Å²) in [6.45, 7) is 2.17. The van der Waals surface area contributed by atoms with Crippen molar-refractivity contribution in [3.05, 3.63) is 0 Å². The zero-order chi connectivity index (χ0) is 7.90. The van der Waals surface area contributed by atoms with Gasteiger partial charge in [0.15, 0.2) is 0 Å². The maximum absolute atomic E-state index is 8.97. The van der Waals surface area contributed by atoms with Crippen molar-refractivity contribution in [3.63, 3.8) is 0 Å². The van der Waals surface area contributed by atoms with Crippen molar-refractivity contribution in [2.45, 2.75) is 44.2 Å². The van der Waals surface area contributed by atoms with Crippen LogP contribution >= 0.6 is 0 Å². The molecule has 2 rings (SSSR count). The van der Waals surface area contributed by atoms with Crippen molar-refractivity contribution < 1.29 is 0 Å². The molecule has 2 fully saturated rings. The van der Waals surface area contributed by atoms with Crippen LogP contribution in [0.5, 0.6) is 0 Å². The summed E-state index contributed by atoms with van der Waals surface area (Å²) < 4.78 is 0. The Morgan fingerprint density at radius 2 is 2.18 bits per heavy atom. The van der Waals surface area contributed by atoms with Crippen LogP contribution in [0.25, 0.3) is 0 Å². The minimum absolute atomic E-state index is 0.138. The van der Waals surface area contributed by atoms with Crippen molar-refractivity contribution in [3.8, 4) is 6.07 Å². The van der Waals surface area contributed by atoms with Crippen LogP contribution in [0.4, 0.5) is 0 Å². The molecule has 0 radical (unpaired) electrons. The first kappa shape index (κ1) is 7.12. The van der Waals surface area contributed by atoms with E-state index >= 15 is 0 Å². The van der Waals surface area contributed by atoms with Crippen LogP contribution in [0.15, 0.2) is 0 Å². The van der Waals surface area contributed by atoms with Crippen molar-refractivity contribution >= 4 is 0 Å². The largest absolute Gasteiger partial charge is 0.296 e. The molecule has 0 spiro atoms. The van der Waals surface area contributed by atoms with E-state index in [0.717, 1.165) is 6.42 Å². The topological polar surface area (TPSA) is 35.8 Å². The molecule has 0 saturated heterocycles. The molecule has 2 unspecified atom stereocenters. The molecule has 2 aliphatic carbocycles. The highest BCUT2D eigenvalue weighted by Crippen LogP contribution is 2.40. The van der Waals surface area contributed by atoms with Gasteiger partial charge in [0.25, 0.3) is 0 Å². The minimum Gasteiger partial charge on any atom is -0.296 e. The highest BCUT2D eigenvalue weighted by Gasteiger charge is 2.47. The van der Waals surface area contributed by atoms with E-state index in [4.69, 9.17) is 5.26 Å². The number of hydrogen-bond acceptors (Lipinski definition) is 2. The quantitative estimate of drug-likeness (QED) is 0.646. The van der Waals surface area contributed by atoms with Gasteiger partial charge in [0.2, 0.25) is 0 Å². The molecule has 0 aliphatic heterocycles. The lowest BCUT2D eigenvalue weighted by Crippen LogP contribution is -2.56. The van der Waals surface area contributed by atoms with Gasteiger partial charge >= 0.3 is 0 Å². The van der Waals surface area contributed by atoms with Gasteiger partial charge in [0, 0.05) is 6.04 Å². The molecule has 0 aromatic rings. The maximum Gasteiger partial charge on any atom is 0.109 e. The first-order chi connectivity index (χ1) is 5.27. The molecule has 0 heterocycles. The molecule has 0 aromatic heterocycles. The molecular weight excluding hydrogens is 136 g/mol. The van der Waals surface area contributed by atoms with Crippen molar-refractivity contribution in [1.29, 1.82) is 5.26 Å². The van der Waals surface area contributed by atoms with Crippen LogP contribution in [0.1, 0.15) is 32.6 Å². The van der Waals surface area contributed by atoms with Gasteiger partial charge in [-0.1, -0.05) is 6.92 Å². The normalized spacial score (nSPS) is 42.7. The Hall–Kier alpha value is -0.550. The first-order valence-corrected chi connectivity index (χ1v) is 4.46. The second-order valence-electron chi connectivity index (χ2n) is 3.94. The van der Waals surface area contributed by atoms with E-state index in [1.54, 1.807) is 0 Å². The third-order valence-electron chi connectivity index (χ3n) is 3.05. The molecular formula is C9H14N2. The summed E-state index contributed by atoms with van der Waals surface area (Å²) in [5.41, 5.74) is -0.138. The van der Waals surface area contributed by atoms with Crippen LogP contribution in [-0.2, 0) is 0 Å². The summed E-state index contributed by atoms with van der Waals surface area (Å²) in [6, 6.07) is 3.09. The summed E-state index contributed by atoms with van der Waals surface area (Å²) in [5.74, 6) is 0.563. The van der Waals surface area contributed by atoms with Gasteiger partial charge in [-0.25, -0.2) is 0 Å². The zero-order valence-electron chi connectivity index (χ0n) is 6.93. The third kappa shape index (κ3) is 1.04. The number of hydrogen-bond donors (Lipinski definition) is 1. The average Bonchev–Trinajstić information content (AvgIpc) is 2.80. The van der Waals surface area contributed by atoms with Crippen molar-refractivity contribution in [2.24, 2.45) is 5.92 Å². The predicted octanol–water partition coefficient (Wildman–Crippen LogP) is 1.43. The summed E-state index contributed by atoms with van der Waals surface area (Å²) in [6.07, 6.45) is 4.82. The van der Waals surface area contributed by atoms with Gasteiger partial charge in [-0.3, -0.25) is 5.32 Å². The lowest BCUT2D eigenvalue weighted by molar-refractivity contribution is 0.154. The molecule has 11 heavy (non-hydrogen) atoms. The minimum atomic E-state index is -0.138. The molecule has 2 saturated carbocycles. The Bertz CT molecular complexity index is 202. The molecule has 0 amide bonds. The average molecular weight is 150 g/mol. The smallest absolute Gasteiger partial charge is 0.109 e. The number of rotatable bonds is 2. The molecule has 0 bridgehead atoms.